The van der Waals surface area contributed by atoms with Crippen molar-refractivity contribution in [2.24, 2.45) is 16.6 Å². The van der Waals surface area contributed by atoms with Crippen molar-refractivity contribution in [2.75, 3.05) is 59.3 Å². The number of likely N-dealkylation sites (N-methyl/N-ethyl adjacent to an activating group) is 1. The van der Waals surface area contributed by atoms with Gasteiger partial charge < -0.3 is 25.4 Å². The van der Waals surface area contributed by atoms with E-state index in [1.165, 1.54) is 0 Å². The van der Waals surface area contributed by atoms with Crippen molar-refractivity contribution in [1.82, 2.24) is 9.80 Å². The Hall–Kier alpha value is -1.99. The fourth-order valence-corrected chi connectivity index (χ4v) is 3.19. The second kappa shape index (κ2) is 9.64. The zero-order valence-corrected chi connectivity index (χ0v) is 16.7. The van der Waals surface area contributed by atoms with Gasteiger partial charge in [-0.1, -0.05) is 13.8 Å². The van der Waals surface area contributed by atoms with Crippen LogP contribution in [0.25, 0.3) is 0 Å². The number of hydrogen-bond acceptors (Lipinski definition) is 5. The van der Waals surface area contributed by atoms with Gasteiger partial charge in [-0.05, 0) is 25.1 Å². The number of methoxy groups -OCH3 is 2. The van der Waals surface area contributed by atoms with Gasteiger partial charge in [-0.3, -0.25) is 9.89 Å². The highest BCUT2D eigenvalue weighted by molar-refractivity contribution is 5.92. The summed E-state index contributed by atoms with van der Waals surface area (Å²) in [6.07, 6.45) is 0. The molecule has 146 valence electrons. The molecule has 0 bridgehead atoms. The highest BCUT2D eigenvalue weighted by atomic mass is 16.5. The maximum absolute atomic E-state index is 6.11. The lowest BCUT2D eigenvalue weighted by molar-refractivity contribution is 0.0926. The predicted molar refractivity (Wildman–Crippen MR) is 107 cm³/mol. The Morgan fingerprint density at radius 2 is 1.81 bits per heavy atom. The fourth-order valence-electron chi connectivity index (χ4n) is 3.19. The first-order valence-corrected chi connectivity index (χ1v) is 9.16. The summed E-state index contributed by atoms with van der Waals surface area (Å²) in [6, 6.07) is 5.98. The third-order valence-electron chi connectivity index (χ3n) is 4.88. The van der Waals surface area contributed by atoms with Crippen molar-refractivity contribution in [1.29, 1.82) is 0 Å². The number of aliphatic imine (C=N–C) groups is 1. The van der Waals surface area contributed by atoms with E-state index in [9.17, 15) is 0 Å². The molecule has 1 heterocycles. The molecule has 1 aromatic carbocycles. The molecule has 7 nitrogen and oxygen atoms in total. The maximum Gasteiger partial charge on any atom is 0.193 e. The minimum absolute atomic E-state index is 0.398. The molecule has 0 amide bonds. The Morgan fingerprint density at radius 3 is 2.38 bits per heavy atom. The van der Waals surface area contributed by atoms with E-state index in [-0.39, 0.29) is 0 Å². The minimum atomic E-state index is 0.398. The van der Waals surface area contributed by atoms with Crippen LogP contribution < -0.4 is 20.5 Å². The first kappa shape index (κ1) is 20.3. The number of guanidine groups is 1. The molecule has 2 rings (SSSR count). The first-order chi connectivity index (χ1) is 12.4. The zero-order chi connectivity index (χ0) is 19.1. The standard InChI is InChI=1S/C19H33N5O2/c1-14(2)16(24-10-8-23(3)9-11-24)13-21-19(20)22-15-6-7-17(25-4)18(12-15)26-5/h6-7,12,14,16H,8-11,13H2,1-5H3,(H3,20,21,22). The van der Waals surface area contributed by atoms with Gasteiger partial charge in [0.2, 0.25) is 0 Å². The molecule has 1 aromatic rings. The molecule has 1 saturated heterocycles. The van der Waals surface area contributed by atoms with Crippen LogP contribution in [-0.2, 0) is 0 Å². The van der Waals surface area contributed by atoms with Crippen molar-refractivity contribution < 1.29 is 9.47 Å². The number of ether oxygens (including phenoxy) is 2. The van der Waals surface area contributed by atoms with Crippen LogP contribution in [0, 0.1) is 5.92 Å². The molecule has 0 saturated carbocycles. The normalized spacial score (nSPS) is 18.0. The second-order valence-electron chi connectivity index (χ2n) is 7.07. The monoisotopic (exact) mass is 363 g/mol. The molecule has 1 unspecified atom stereocenters. The summed E-state index contributed by atoms with van der Waals surface area (Å²) >= 11 is 0. The minimum Gasteiger partial charge on any atom is -0.493 e. The van der Waals surface area contributed by atoms with Gasteiger partial charge in [-0.25, -0.2) is 0 Å². The van der Waals surface area contributed by atoms with Crippen LogP contribution in [0.1, 0.15) is 13.8 Å². The molecule has 0 aromatic heterocycles. The summed E-state index contributed by atoms with van der Waals surface area (Å²) in [6.45, 7) is 9.55. The molecular formula is C19H33N5O2. The molecular weight excluding hydrogens is 330 g/mol. The van der Waals surface area contributed by atoms with Gasteiger partial charge in [0.05, 0.1) is 20.8 Å². The average Bonchev–Trinajstić information content (AvgIpc) is 2.63. The zero-order valence-electron chi connectivity index (χ0n) is 16.7. The number of piperazine rings is 1. The van der Waals surface area contributed by atoms with Crippen LogP contribution in [0.15, 0.2) is 23.2 Å². The molecule has 1 atom stereocenters. The second-order valence-corrected chi connectivity index (χ2v) is 7.07. The molecule has 1 aliphatic heterocycles. The molecule has 1 aliphatic rings. The van der Waals surface area contributed by atoms with E-state index in [1.54, 1.807) is 14.2 Å². The van der Waals surface area contributed by atoms with Crippen molar-refractivity contribution in [3.8, 4) is 11.5 Å². The van der Waals surface area contributed by atoms with E-state index in [0.29, 0.717) is 36.0 Å². The lowest BCUT2D eigenvalue weighted by Gasteiger charge is -2.39. The quantitative estimate of drug-likeness (QED) is 0.567. The Labute approximate surface area is 157 Å². The van der Waals surface area contributed by atoms with Gasteiger partial charge in [0, 0.05) is 44.0 Å². The van der Waals surface area contributed by atoms with Gasteiger partial charge >= 0.3 is 0 Å². The van der Waals surface area contributed by atoms with Crippen LogP contribution in [0.5, 0.6) is 11.5 Å². The van der Waals surface area contributed by atoms with Crippen LogP contribution in [0.3, 0.4) is 0 Å². The number of anilines is 1. The highest BCUT2D eigenvalue weighted by Gasteiger charge is 2.24. The SMILES string of the molecule is COc1ccc(NC(N)=NCC(C(C)C)N2CCN(C)CC2)cc1OC. The smallest absolute Gasteiger partial charge is 0.193 e. The molecule has 1 fully saturated rings. The van der Waals surface area contributed by atoms with Crippen molar-refractivity contribution in [3.05, 3.63) is 18.2 Å². The molecule has 7 heteroatoms. The third kappa shape index (κ3) is 5.51. The number of benzene rings is 1. The summed E-state index contributed by atoms with van der Waals surface area (Å²) in [7, 11) is 5.40. The van der Waals surface area contributed by atoms with Gasteiger partial charge in [0.25, 0.3) is 0 Å². The van der Waals surface area contributed by atoms with Gasteiger partial charge in [0.1, 0.15) is 0 Å². The third-order valence-corrected chi connectivity index (χ3v) is 4.88. The van der Waals surface area contributed by atoms with Gasteiger partial charge in [0.15, 0.2) is 17.5 Å². The fraction of sp³-hybridized carbons (Fsp3) is 0.632. The van der Waals surface area contributed by atoms with Gasteiger partial charge in [-0.2, -0.15) is 0 Å². The van der Waals surface area contributed by atoms with E-state index >= 15 is 0 Å². The number of nitrogens with zero attached hydrogens (tertiary/aromatic N) is 3. The lowest BCUT2D eigenvalue weighted by Crippen LogP contribution is -2.51. The summed E-state index contributed by atoms with van der Waals surface area (Å²) < 4.78 is 10.6. The van der Waals surface area contributed by atoms with E-state index in [4.69, 9.17) is 15.2 Å². The van der Waals surface area contributed by atoms with Crippen LogP contribution in [0.4, 0.5) is 5.69 Å². The van der Waals surface area contributed by atoms with Crippen LogP contribution in [-0.4, -0.2) is 75.8 Å². The maximum atomic E-state index is 6.11. The average molecular weight is 364 g/mol. The van der Waals surface area contributed by atoms with E-state index in [0.717, 1.165) is 31.9 Å². The van der Waals surface area contributed by atoms with E-state index in [2.05, 4.69) is 41.0 Å². The van der Waals surface area contributed by atoms with E-state index in [1.807, 2.05) is 18.2 Å². The lowest BCUT2D eigenvalue weighted by atomic mass is 10.0. The molecule has 26 heavy (non-hydrogen) atoms. The molecule has 0 spiro atoms. The molecule has 0 aliphatic carbocycles. The highest BCUT2D eigenvalue weighted by Crippen LogP contribution is 2.29. The Morgan fingerprint density at radius 1 is 1.15 bits per heavy atom. The van der Waals surface area contributed by atoms with E-state index < -0.39 is 0 Å². The number of nitrogens with two attached hydrogens (primary N) is 1. The Kier molecular flexibility index (Phi) is 7.53. The van der Waals surface area contributed by atoms with Gasteiger partial charge in [-0.15, -0.1) is 0 Å². The van der Waals surface area contributed by atoms with Crippen LogP contribution in [0.2, 0.25) is 0 Å². The summed E-state index contributed by atoms with van der Waals surface area (Å²) in [5.74, 6) is 2.28. The topological polar surface area (TPSA) is 75.4 Å². The van der Waals surface area contributed by atoms with Crippen molar-refractivity contribution in [3.63, 3.8) is 0 Å². The number of rotatable bonds is 7. The summed E-state index contributed by atoms with van der Waals surface area (Å²) in [5, 5.41) is 3.14. The molecule has 0 radical (unpaired) electrons. The Balaban J connectivity index is 1.99. The van der Waals surface area contributed by atoms with Crippen LogP contribution >= 0.6 is 0 Å². The Bertz CT molecular complexity index is 598. The van der Waals surface area contributed by atoms with Crippen molar-refractivity contribution >= 4 is 11.6 Å². The summed E-state index contributed by atoms with van der Waals surface area (Å²) in [4.78, 5) is 9.48. The largest absolute Gasteiger partial charge is 0.493 e. The predicted octanol–water partition coefficient (Wildman–Crippen LogP) is 1.70. The first-order valence-electron chi connectivity index (χ1n) is 9.16. The summed E-state index contributed by atoms with van der Waals surface area (Å²) in [5.41, 5.74) is 6.93. The molecule has 3 N–H and O–H groups in total. The number of nitrogens with one attached hydrogen (secondary N) is 1. The number of hydrogen-bond donors (Lipinski definition) is 2. The van der Waals surface area contributed by atoms with Crippen molar-refractivity contribution in [2.45, 2.75) is 19.9 Å².